The molecule has 0 aromatic rings. The van der Waals surface area contributed by atoms with E-state index in [1.165, 1.54) is 18.1 Å². The first-order chi connectivity index (χ1) is 4.74. The van der Waals surface area contributed by atoms with Crippen LogP contribution in [-0.4, -0.2) is 29.1 Å². The van der Waals surface area contributed by atoms with Gasteiger partial charge in [-0.15, -0.1) is 0 Å². The zero-order valence-corrected chi connectivity index (χ0v) is 5.02. The summed E-state index contributed by atoms with van der Waals surface area (Å²) in [4.78, 5) is 9.87. The first-order valence-corrected chi connectivity index (χ1v) is 2.70. The molecule has 52 valence electrons. The minimum Gasteiger partial charge on any atom is -0.478 e. The lowest BCUT2D eigenvalue weighted by atomic mass is 9.83. The second-order valence-corrected chi connectivity index (χ2v) is 1.82. The summed E-state index contributed by atoms with van der Waals surface area (Å²) < 4.78 is 4.65. The first kappa shape index (κ1) is 7.09. The van der Waals surface area contributed by atoms with Crippen molar-refractivity contribution in [2.75, 3.05) is 0 Å². The lowest BCUT2D eigenvalue weighted by Gasteiger charge is -2.05. The summed E-state index contributed by atoms with van der Waals surface area (Å²) in [6.45, 7) is 0. The molecule has 5 heteroatoms. The Hall–Kier alpha value is -1.03. The second-order valence-electron chi connectivity index (χ2n) is 1.82. The summed E-state index contributed by atoms with van der Waals surface area (Å²) in [5.41, 5.74) is 0. The Morgan fingerprint density at radius 3 is 2.70 bits per heavy atom. The molecule has 4 nitrogen and oxygen atoms in total. The van der Waals surface area contributed by atoms with Gasteiger partial charge in [-0.3, -0.25) is 0 Å². The van der Waals surface area contributed by atoms with Crippen molar-refractivity contribution >= 4 is 13.1 Å². The Labute approximate surface area is 57.6 Å². The predicted octanol–water partition coefficient (Wildman–Crippen LogP) is -1.33. The van der Waals surface area contributed by atoms with E-state index in [1.807, 2.05) is 0 Å². The summed E-state index contributed by atoms with van der Waals surface area (Å²) in [6, 6.07) is -0.823. The van der Waals surface area contributed by atoms with E-state index in [0.29, 0.717) is 0 Å². The maximum absolute atomic E-state index is 9.87. The molecule has 0 spiro atoms. The maximum Gasteiger partial charge on any atom is 0.499 e. The molecule has 1 aliphatic rings. The van der Waals surface area contributed by atoms with Gasteiger partial charge in [-0.1, -0.05) is 0 Å². The van der Waals surface area contributed by atoms with E-state index in [2.05, 4.69) is 4.74 Å². The third-order valence-electron chi connectivity index (χ3n) is 1.09. The normalized spacial score (nSPS) is 22.2. The van der Waals surface area contributed by atoms with Crippen LogP contribution in [0.2, 0.25) is 0 Å². The maximum atomic E-state index is 9.87. The Morgan fingerprint density at radius 2 is 2.40 bits per heavy atom. The van der Waals surface area contributed by atoms with Crippen LogP contribution >= 0.6 is 0 Å². The minimum absolute atomic E-state index is 0.00176. The number of ether oxygens (including phenoxy) is 1. The van der Waals surface area contributed by atoms with Crippen molar-refractivity contribution in [2.45, 2.75) is 6.00 Å². The van der Waals surface area contributed by atoms with Gasteiger partial charge in [-0.05, 0) is 12.2 Å². The zero-order valence-electron chi connectivity index (χ0n) is 5.02. The van der Waals surface area contributed by atoms with Crippen LogP contribution in [0.3, 0.4) is 0 Å². The molecule has 0 aliphatic carbocycles. The molecule has 0 saturated heterocycles. The van der Waals surface area contributed by atoms with E-state index in [1.54, 1.807) is 0 Å². The Balaban J connectivity index is 2.62. The summed E-state index contributed by atoms with van der Waals surface area (Å²) in [6.07, 6.45) is 2.72. The van der Waals surface area contributed by atoms with Gasteiger partial charge in [-0.2, -0.15) is 0 Å². The monoisotopic (exact) mass is 140 g/mol. The van der Waals surface area contributed by atoms with Gasteiger partial charge in [0.15, 0.2) is 11.9 Å². The number of hydrogen-bond donors (Lipinski definition) is 2. The Bertz CT molecular complexity index is 204. The molecule has 0 amide bonds. The molecule has 0 saturated carbocycles. The van der Waals surface area contributed by atoms with Crippen LogP contribution in [0.5, 0.6) is 0 Å². The highest BCUT2D eigenvalue weighted by Crippen LogP contribution is 2.12. The number of rotatable bonds is 1. The van der Waals surface area contributed by atoms with Crippen LogP contribution in [0.1, 0.15) is 0 Å². The van der Waals surface area contributed by atoms with Gasteiger partial charge in [0.05, 0.1) is 0 Å². The fraction of sp³-hybridized carbons (Fsp3) is 0.200. The van der Waals surface area contributed by atoms with Crippen LogP contribution in [0.15, 0.2) is 17.9 Å². The van der Waals surface area contributed by atoms with Crippen LogP contribution < -0.4 is 0 Å². The zero-order chi connectivity index (χ0) is 7.56. The molecule has 2 N–H and O–H groups in total. The number of hydrogen-bond acceptors (Lipinski definition) is 4. The van der Waals surface area contributed by atoms with Crippen molar-refractivity contribution in [1.29, 1.82) is 0 Å². The predicted molar refractivity (Wildman–Crippen MR) is 33.4 cm³/mol. The van der Waals surface area contributed by atoms with Crippen molar-refractivity contribution in [3.05, 3.63) is 17.9 Å². The SMILES string of the molecule is O=C=C1C=CC(B(O)O)O1. The van der Waals surface area contributed by atoms with Crippen LogP contribution in [0.25, 0.3) is 0 Å². The van der Waals surface area contributed by atoms with Crippen molar-refractivity contribution in [3.63, 3.8) is 0 Å². The Morgan fingerprint density at radius 1 is 1.70 bits per heavy atom. The molecular formula is C5H5BO4. The van der Waals surface area contributed by atoms with Crippen LogP contribution in [-0.2, 0) is 9.53 Å². The summed E-state index contributed by atoms with van der Waals surface area (Å²) in [5.74, 6) is 1.48. The van der Waals surface area contributed by atoms with Gasteiger partial charge in [0, 0.05) is 0 Å². The lowest BCUT2D eigenvalue weighted by Crippen LogP contribution is -2.29. The summed E-state index contributed by atoms with van der Waals surface area (Å²) in [7, 11) is -1.58. The van der Waals surface area contributed by atoms with Gasteiger partial charge >= 0.3 is 7.12 Å². The molecule has 1 heterocycles. The molecule has 0 fully saturated rings. The summed E-state index contributed by atoms with van der Waals surface area (Å²) in [5, 5.41) is 17.0. The highest BCUT2D eigenvalue weighted by atomic mass is 16.5. The van der Waals surface area contributed by atoms with Crippen LogP contribution in [0.4, 0.5) is 0 Å². The van der Waals surface area contributed by atoms with Crippen molar-refractivity contribution < 1.29 is 19.6 Å². The van der Waals surface area contributed by atoms with E-state index in [-0.39, 0.29) is 5.76 Å². The first-order valence-electron chi connectivity index (χ1n) is 2.70. The van der Waals surface area contributed by atoms with Crippen molar-refractivity contribution in [3.8, 4) is 0 Å². The molecule has 1 atom stereocenters. The number of carbonyl (C=O) groups excluding carboxylic acids is 1. The topological polar surface area (TPSA) is 66.8 Å². The number of allylic oxidation sites excluding steroid dienone is 1. The average molecular weight is 140 g/mol. The second kappa shape index (κ2) is 2.71. The van der Waals surface area contributed by atoms with Gasteiger partial charge in [0.25, 0.3) is 0 Å². The fourth-order valence-corrected chi connectivity index (χ4v) is 0.626. The molecule has 10 heavy (non-hydrogen) atoms. The van der Waals surface area contributed by atoms with Gasteiger partial charge in [0.1, 0.15) is 0 Å². The van der Waals surface area contributed by atoms with E-state index >= 15 is 0 Å². The van der Waals surface area contributed by atoms with Crippen molar-refractivity contribution in [1.82, 2.24) is 0 Å². The largest absolute Gasteiger partial charge is 0.499 e. The molecule has 0 radical (unpaired) electrons. The molecular weight excluding hydrogens is 135 g/mol. The van der Waals surface area contributed by atoms with E-state index in [0.717, 1.165) is 0 Å². The standard InChI is InChI=1S/C5H5BO4/c7-3-4-1-2-5(10-4)6(8)9/h1-2,5,8-9H. The molecule has 1 unspecified atom stereocenters. The Kier molecular flexibility index (Phi) is 1.92. The molecule has 0 bridgehead atoms. The average Bonchev–Trinajstić information content (AvgIpc) is 2.34. The molecule has 1 aliphatic heterocycles. The summed E-state index contributed by atoms with van der Waals surface area (Å²) >= 11 is 0. The molecule has 1 rings (SSSR count). The highest BCUT2D eigenvalue weighted by molar-refractivity contribution is 6.43. The quantitative estimate of drug-likeness (QED) is 0.349. The van der Waals surface area contributed by atoms with Crippen LogP contribution in [0, 0.1) is 0 Å². The fourth-order valence-electron chi connectivity index (χ4n) is 0.626. The van der Waals surface area contributed by atoms with Gasteiger partial charge in [-0.25, -0.2) is 4.79 Å². The van der Waals surface area contributed by atoms with E-state index < -0.39 is 13.1 Å². The smallest absolute Gasteiger partial charge is 0.478 e. The van der Waals surface area contributed by atoms with Crippen molar-refractivity contribution in [2.24, 2.45) is 0 Å². The highest BCUT2D eigenvalue weighted by Gasteiger charge is 2.27. The van der Waals surface area contributed by atoms with Gasteiger partial charge in [0.2, 0.25) is 5.76 Å². The lowest BCUT2D eigenvalue weighted by molar-refractivity contribution is 0.202. The van der Waals surface area contributed by atoms with Gasteiger partial charge < -0.3 is 14.8 Å². The third kappa shape index (κ3) is 1.27. The van der Waals surface area contributed by atoms with E-state index in [4.69, 9.17) is 10.0 Å². The molecule has 0 aromatic heterocycles. The third-order valence-corrected chi connectivity index (χ3v) is 1.09. The molecule has 0 aromatic carbocycles. The van der Waals surface area contributed by atoms with E-state index in [9.17, 15) is 4.79 Å². The minimum atomic E-state index is -1.58.